The van der Waals surface area contributed by atoms with Crippen LogP contribution in [0.2, 0.25) is 5.02 Å². The minimum absolute atomic E-state index is 0.0480. The van der Waals surface area contributed by atoms with E-state index in [4.69, 9.17) is 21.4 Å². The van der Waals surface area contributed by atoms with E-state index < -0.39 is 5.91 Å². The molecule has 2 N–H and O–H groups in total. The number of benzene rings is 3. The number of ether oxygens (including phenoxy) is 1. The van der Waals surface area contributed by atoms with Crippen LogP contribution in [-0.4, -0.2) is 53.8 Å². The topological polar surface area (TPSA) is 85.9 Å². The Morgan fingerprint density at radius 1 is 1.05 bits per heavy atom. The molecule has 0 aliphatic carbocycles. The van der Waals surface area contributed by atoms with E-state index in [0.717, 1.165) is 24.2 Å². The van der Waals surface area contributed by atoms with Crippen molar-refractivity contribution >= 4 is 34.1 Å². The van der Waals surface area contributed by atoms with Gasteiger partial charge in [0.2, 0.25) is 5.43 Å². The number of aliphatic hydroxyl groups excluding tert-OH is 1. The standard InChI is InChI=1S/C31H28ClN3O4/c32-25-9-6-23(7-10-25)21-35(26-5-1-3-22(17-26)4-2-14-36)31(38)28-19-33-29-11-8-24(18-27(29)30(28)37)20-34-12-15-39-16-13-34/h1,3,5-11,17-19,36H,12-16,20-21H2,(H,33,37). The summed E-state index contributed by atoms with van der Waals surface area (Å²) in [7, 11) is 0. The zero-order chi connectivity index (χ0) is 27.2. The zero-order valence-electron chi connectivity index (χ0n) is 21.3. The van der Waals surface area contributed by atoms with Crippen molar-refractivity contribution < 1.29 is 14.6 Å². The molecule has 1 amide bonds. The van der Waals surface area contributed by atoms with Crippen molar-refractivity contribution in [2.75, 3.05) is 37.8 Å². The molecule has 39 heavy (non-hydrogen) atoms. The van der Waals surface area contributed by atoms with E-state index in [1.54, 1.807) is 41.3 Å². The third kappa shape index (κ3) is 6.39. The number of aromatic nitrogens is 1. The molecule has 0 radical (unpaired) electrons. The summed E-state index contributed by atoms with van der Waals surface area (Å²) in [6.45, 7) is 3.75. The number of carbonyl (C=O) groups excluding carboxylic acids is 1. The maximum absolute atomic E-state index is 14.0. The summed E-state index contributed by atoms with van der Waals surface area (Å²) in [6.07, 6.45) is 1.49. The lowest BCUT2D eigenvalue weighted by atomic mass is 10.1. The van der Waals surface area contributed by atoms with Gasteiger partial charge in [0.05, 0.1) is 19.8 Å². The number of aliphatic hydroxyl groups is 1. The Labute approximate surface area is 231 Å². The van der Waals surface area contributed by atoms with Gasteiger partial charge in [-0.1, -0.05) is 47.7 Å². The van der Waals surface area contributed by atoms with Crippen molar-refractivity contribution in [3.63, 3.8) is 0 Å². The van der Waals surface area contributed by atoms with Crippen LogP contribution in [0.5, 0.6) is 0 Å². The zero-order valence-corrected chi connectivity index (χ0v) is 22.1. The van der Waals surface area contributed by atoms with E-state index in [2.05, 4.69) is 21.7 Å². The summed E-state index contributed by atoms with van der Waals surface area (Å²) >= 11 is 6.07. The number of pyridine rings is 1. The second-order valence-corrected chi connectivity index (χ2v) is 9.76. The molecule has 1 aromatic heterocycles. The van der Waals surface area contributed by atoms with Crippen LogP contribution in [0.3, 0.4) is 0 Å². The lowest BCUT2D eigenvalue weighted by Crippen LogP contribution is -2.35. The second-order valence-electron chi connectivity index (χ2n) is 9.33. The molecule has 0 bridgehead atoms. The number of morpholine rings is 1. The summed E-state index contributed by atoms with van der Waals surface area (Å²) in [6, 6.07) is 20.1. The Morgan fingerprint density at radius 3 is 2.59 bits per heavy atom. The fraction of sp³-hybridized carbons (Fsp3) is 0.226. The first kappa shape index (κ1) is 26.7. The average Bonchev–Trinajstić information content (AvgIpc) is 2.96. The van der Waals surface area contributed by atoms with E-state index in [1.807, 2.05) is 30.3 Å². The minimum atomic E-state index is -0.432. The highest BCUT2D eigenvalue weighted by atomic mass is 35.5. The quantitative estimate of drug-likeness (QED) is 0.357. The molecule has 198 valence electrons. The van der Waals surface area contributed by atoms with Crippen molar-refractivity contribution in [3.05, 3.63) is 110 Å². The molecular formula is C31H28ClN3O4. The Morgan fingerprint density at radius 2 is 1.82 bits per heavy atom. The smallest absolute Gasteiger partial charge is 0.264 e. The number of nitrogens with one attached hydrogen (secondary N) is 1. The van der Waals surface area contributed by atoms with Crippen LogP contribution in [0.15, 0.2) is 77.7 Å². The van der Waals surface area contributed by atoms with Gasteiger partial charge in [0.15, 0.2) is 0 Å². The average molecular weight is 542 g/mol. The van der Waals surface area contributed by atoms with Crippen LogP contribution in [0.4, 0.5) is 5.69 Å². The van der Waals surface area contributed by atoms with Gasteiger partial charge in [-0.3, -0.25) is 14.5 Å². The number of aromatic amines is 1. The molecule has 0 saturated carbocycles. The monoisotopic (exact) mass is 541 g/mol. The molecule has 0 atom stereocenters. The summed E-state index contributed by atoms with van der Waals surface area (Å²) < 4.78 is 5.44. The summed E-state index contributed by atoms with van der Waals surface area (Å²) in [4.78, 5) is 34.7. The number of nitrogens with zero attached hydrogens (tertiary/aromatic N) is 2. The maximum atomic E-state index is 14.0. The molecule has 5 rings (SSSR count). The Balaban J connectivity index is 1.52. The van der Waals surface area contributed by atoms with Crippen molar-refractivity contribution in [3.8, 4) is 11.8 Å². The van der Waals surface area contributed by atoms with E-state index >= 15 is 0 Å². The Kier molecular flexibility index (Phi) is 8.40. The normalized spacial score (nSPS) is 13.6. The number of anilines is 1. The second kappa shape index (κ2) is 12.3. The van der Waals surface area contributed by atoms with E-state index in [1.165, 1.54) is 6.20 Å². The third-order valence-corrected chi connectivity index (χ3v) is 6.91. The van der Waals surface area contributed by atoms with Crippen LogP contribution in [0.1, 0.15) is 27.0 Å². The molecule has 1 saturated heterocycles. The van der Waals surface area contributed by atoms with Gasteiger partial charge in [0, 0.05) is 53.0 Å². The van der Waals surface area contributed by atoms with E-state index in [-0.39, 0.29) is 24.1 Å². The van der Waals surface area contributed by atoms with E-state index in [0.29, 0.717) is 46.9 Å². The lowest BCUT2D eigenvalue weighted by molar-refractivity contribution is 0.0342. The molecule has 1 aliphatic heterocycles. The van der Waals surface area contributed by atoms with Gasteiger partial charge in [-0.2, -0.15) is 0 Å². The molecule has 0 spiro atoms. The summed E-state index contributed by atoms with van der Waals surface area (Å²) in [5, 5.41) is 10.2. The first-order chi connectivity index (χ1) is 19.0. The van der Waals surface area contributed by atoms with Crippen molar-refractivity contribution in [1.82, 2.24) is 9.88 Å². The maximum Gasteiger partial charge on any atom is 0.264 e. The Hall–Kier alpha value is -3.93. The summed E-state index contributed by atoms with van der Waals surface area (Å²) in [5.41, 5.74) is 3.49. The number of amides is 1. The van der Waals surface area contributed by atoms with Crippen molar-refractivity contribution in [2.24, 2.45) is 0 Å². The molecule has 2 heterocycles. The number of H-pyrrole nitrogens is 1. The van der Waals surface area contributed by atoms with Crippen LogP contribution < -0.4 is 10.3 Å². The van der Waals surface area contributed by atoms with Crippen LogP contribution in [-0.2, 0) is 17.8 Å². The predicted molar refractivity (Wildman–Crippen MR) is 153 cm³/mol. The van der Waals surface area contributed by atoms with Crippen LogP contribution in [0.25, 0.3) is 10.9 Å². The highest BCUT2D eigenvalue weighted by molar-refractivity contribution is 6.30. The highest BCUT2D eigenvalue weighted by Gasteiger charge is 2.23. The number of carbonyl (C=O) groups is 1. The molecule has 1 aliphatic rings. The first-order valence-electron chi connectivity index (χ1n) is 12.7. The third-order valence-electron chi connectivity index (χ3n) is 6.65. The van der Waals surface area contributed by atoms with Crippen LogP contribution >= 0.6 is 11.6 Å². The van der Waals surface area contributed by atoms with Crippen molar-refractivity contribution in [2.45, 2.75) is 13.1 Å². The molecular weight excluding hydrogens is 514 g/mol. The van der Waals surface area contributed by atoms with Gasteiger partial charge in [-0.25, -0.2) is 0 Å². The molecule has 8 heteroatoms. The number of halogens is 1. The number of hydrogen-bond donors (Lipinski definition) is 2. The SMILES string of the molecule is O=C(c1c[nH]c2ccc(CN3CCOCC3)cc2c1=O)N(Cc1ccc(Cl)cc1)c1cccc(C#CCO)c1. The van der Waals surface area contributed by atoms with Gasteiger partial charge in [0.1, 0.15) is 12.2 Å². The molecule has 4 aromatic rings. The van der Waals surface area contributed by atoms with E-state index in [9.17, 15) is 9.59 Å². The fourth-order valence-electron chi connectivity index (χ4n) is 4.63. The number of hydrogen-bond acceptors (Lipinski definition) is 5. The molecule has 0 unspecified atom stereocenters. The largest absolute Gasteiger partial charge is 0.384 e. The minimum Gasteiger partial charge on any atom is -0.384 e. The van der Waals surface area contributed by atoms with Crippen LogP contribution in [0, 0.1) is 11.8 Å². The molecule has 3 aromatic carbocycles. The van der Waals surface area contributed by atoms with Gasteiger partial charge in [0.25, 0.3) is 5.91 Å². The molecule has 7 nitrogen and oxygen atoms in total. The predicted octanol–water partition coefficient (Wildman–Crippen LogP) is 4.20. The fourth-order valence-corrected chi connectivity index (χ4v) is 4.76. The number of rotatable bonds is 6. The highest BCUT2D eigenvalue weighted by Crippen LogP contribution is 2.23. The van der Waals surface area contributed by atoms with Gasteiger partial charge in [-0.05, 0) is 53.6 Å². The van der Waals surface area contributed by atoms with Gasteiger partial charge in [-0.15, -0.1) is 0 Å². The summed E-state index contributed by atoms with van der Waals surface area (Å²) in [5.74, 6) is 5.08. The lowest BCUT2D eigenvalue weighted by Gasteiger charge is -2.26. The molecule has 1 fully saturated rings. The number of fused-ring (bicyclic) bond motifs is 1. The Bertz CT molecular complexity index is 1600. The van der Waals surface area contributed by atoms with Gasteiger partial charge >= 0.3 is 0 Å². The van der Waals surface area contributed by atoms with Crippen molar-refractivity contribution in [1.29, 1.82) is 0 Å². The van der Waals surface area contributed by atoms with Gasteiger partial charge < -0.3 is 19.7 Å². The first-order valence-corrected chi connectivity index (χ1v) is 13.1.